The van der Waals surface area contributed by atoms with Crippen LogP contribution in [0.5, 0.6) is 0 Å². The predicted molar refractivity (Wildman–Crippen MR) is 72.5 cm³/mol. The van der Waals surface area contributed by atoms with Gasteiger partial charge in [0.15, 0.2) is 0 Å². The quantitative estimate of drug-likeness (QED) is 0.884. The van der Waals surface area contributed by atoms with E-state index in [0.717, 1.165) is 18.7 Å². The minimum atomic E-state index is 0.604. The van der Waals surface area contributed by atoms with E-state index in [1.54, 1.807) is 0 Å². The molecule has 1 aliphatic rings. The van der Waals surface area contributed by atoms with Gasteiger partial charge in [0.25, 0.3) is 0 Å². The predicted octanol–water partition coefficient (Wildman–Crippen LogP) is 3.31. The van der Waals surface area contributed by atoms with Crippen molar-refractivity contribution in [3.63, 3.8) is 0 Å². The van der Waals surface area contributed by atoms with Crippen molar-refractivity contribution in [3.8, 4) is 6.07 Å². The summed E-state index contributed by atoms with van der Waals surface area (Å²) in [4.78, 5) is 0. The largest absolute Gasteiger partial charge is 0.384 e. The fourth-order valence-electron chi connectivity index (χ4n) is 2.48. The Labute approximate surface area is 107 Å². The molecule has 0 spiro atoms. The molecule has 1 aliphatic carbocycles. The highest BCUT2D eigenvalue weighted by atomic mass is 14.9. The molecular weight excluding hydrogens is 220 g/mol. The second-order valence-corrected chi connectivity index (χ2v) is 4.67. The number of hydrogen-bond acceptors (Lipinski definition) is 2. The molecular formula is C16H14N2. The first-order valence-corrected chi connectivity index (χ1v) is 6.18. The van der Waals surface area contributed by atoms with Gasteiger partial charge >= 0.3 is 0 Å². The first-order valence-electron chi connectivity index (χ1n) is 6.18. The molecule has 1 unspecified atom stereocenters. The topological polar surface area (TPSA) is 35.8 Å². The second-order valence-electron chi connectivity index (χ2n) is 4.67. The van der Waals surface area contributed by atoms with Crippen molar-refractivity contribution in [2.24, 2.45) is 0 Å². The van der Waals surface area contributed by atoms with Gasteiger partial charge in [0.2, 0.25) is 0 Å². The molecule has 0 fully saturated rings. The lowest BCUT2D eigenvalue weighted by Gasteiger charge is -2.30. The number of nitrogens with one attached hydrogen (secondary N) is 1. The van der Waals surface area contributed by atoms with E-state index in [-0.39, 0.29) is 0 Å². The summed E-state index contributed by atoms with van der Waals surface area (Å²) in [5.74, 6) is 0.604. The van der Waals surface area contributed by atoms with E-state index in [4.69, 9.17) is 5.26 Å². The Morgan fingerprint density at radius 1 is 1.17 bits per heavy atom. The highest BCUT2D eigenvalue weighted by Gasteiger charge is 2.24. The highest BCUT2D eigenvalue weighted by molar-refractivity contribution is 5.50. The van der Waals surface area contributed by atoms with Crippen LogP contribution in [-0.4, -0.2) is 6.54 Å². The number of nitrogens with zero attached hydrogens (tertiary/aromatic N) is 1. The van der Waals surface area contributed by atoms with Gasteiger partial charge in [0, 0.05) is 18.2 Å². The van der Waals surface area contributed by atoms with Crippen LogP contribution in [0.15, 0.2) is 48.5 Å². The Balaban J connectivity index is 1.65. The molecule has 0 radical (unpaired) electrons. The summed E-state index contributed by atoms with van der Waals surface area (Å²) in [6.45, 7) is 0.936. The van der Waals surface area contributed by atoms with Gasteiger partial charge in [0.05, 0.1) is 11.6 Å². The average molecular weight is 234 g/mol. The van der Waals surface area contributed by atoms with E-state index in [0.29, 0.717) is 11.5 Å². The van der Waals surface area contributed by atoms with Gasteiger partial charge in [-0.25, -0.2) is 0 Å². The van der Waals surface area contributed by atoms with Crippen molar-refractivity contribution in [1.29, 1.82) is 5.26 Å². The van der Waals surface area contributed by atoms with E-state index in [2.05, 4.69) is 35.7 Å². The lowest BCUT2D eigenvalue weighted by atomic mass is 9.77. The third kappa shape index (κ3) is 1.96. The molecule has 0 saturated heterocycles. The van der Waals surface area contributed by atoms with Crippen LogP contribution in [0.4, 0.5) is 5.69 Å². The number of anilines is 1. The standard InChI is InChI=1S/C16H14N2/c17-10-12-4-3-6-15(8-12)18-11-14-9-13-5-1-2-7-16(13)14/h1-8,14,18H,9,11H2. The number of fused-ring (bicyclic) bond motifs is 1. The lowest BCUT2D eigenvalue weighted by Crippen LogP contribution is -2.24. The second kappa shape index (κ2) is 4.54. The minimum absolute atomic E-state index is 0.604. The van der Waals surface area contributed by atoms with Crippen molar-refractivity contribution in [1.82, 2.24) is 0 Å². The molecule has 0 heterocycles. The average Bonchev–Trinajstić information content (AvgIpc) is 2.40. The van der Waals surface area contributed by atoms with Crippen LogP contribution in [0.2, 0.25) is 0 Å². The molecule has 0 saturated carbocycles. The van der Waals surface area contributed by atoms with Crippen LogP contribution in [0.1, 0.15) is 22.6 Å². The van der Waals surface area contributed by atoms with Crippen LogP contribution in [0, 0.1) is 11.3 Å². The Morgan fingerprint density at radius 2 is 2.06 bits per heavy atom. The Hall–Kier alpha value is -2.27. The third-order valence-electron chi connectivity index (χ3n) is 3.51. The zero-order valence-electron chi connectivity index (χ0n) is 10.1. The van der Waals surface area contributed by atoms with Crippen LogP contribution < -0.4 is 5.32 Å². The maximum atomic E-state index is 8.85. The molecule has 0 aliphatic heterocycles. The Kier molecular flexibility index (Phi) is 2.74. The molecule has 3 rings (SSSR count). The molecule has 1 atom stereocenters. The molecule has 18 heavy (non-hydrogen) atoms. The number of benzene rings is 2. The molecule has 1 N–H and O–H groups in total. The monoisotopic (exact) mass is 234 g/mol. The highest BCUT2D eigenvalue weighted by Crippen LogP contribution is 2.34. The van der Waals surface area contributed by atoms with E-state index in [9.17, 15) is 0 Å². The van der Waals surface area contributed by atoms with Crippen molar-refractivity contribution >= 4 is 5.69 Å². The van der Waals surface area contributed by atoms with Crippen molar-refractivity contribution in [2.45, 2.75) is 12.3 Å². The van der Waals surface area contributed by atoms with E-state index >= 15 is 0 Å². The molecule has 0 aromatic heterocycles. The maximum Gasteiger partial charge on any atom is 0.0992 e. The van der Waals surface area contributed by atoms with Gasteiger partial charge in [0.1, 0.15) is 0 Å². The van der Waals surface area contributed by atoms with E-state index in [1.807, 2.05) is 24.3 Å². The van der Waals surface area contributed by atoms with Crippen LogP contribution in [0.3, 0.4) is 0 Å². The van der Waals surface area contributed by atoms with E-state index < -0.39 is 0 Å². The van der Waals surface area contributed by atoms with Crippen molar-refractivity contribution in [3.05, 3.63) is 65.2 Å². The normalized spacial score (nSPS) is 16.3. The zero-order valence-corrected chi connectivity index (χ0v) is 10.1. The number of hydrogen-bond donors (Lipinski definition) is 1. The van der Waals surface area contributed by atoms with Gasteiger partial charge in [-0.05, 0) is 35.7 Å². The number of rotatable bonds is 3. The minimum Gasteiger partial charge on any atom is -0.384 e. The van der Waals surface area contributed by atoms with Gasteiger partial charge in [-0.2, -0.15) is 5.26 Å². The summed E-state index contributed by atoms with van der Waals surface area (Å²) in [6.07, 6.45) is 1.15. The number of nitriles is 1. The van der Waals surface area contributed by atoms with Gasteiger partial charge in [-0.1, -0.05) is 30.3 Å². The third-order valence-corrected chi connectivity index (χ3v) is 3.51. The smallest absolute Gasteiger partial charge is 0.0992 e. The Bertz CT molecular complexity index is 610. The summed E-state index contributed by atoms with van der Waals surface area (Å²) >= 11 is 0. The maximum absolute atomic E-state index is 8.85. The van der Waals surface area contributed by atoms with E-state index in [1.165, 1.54) is 11.1 Å². The first kappa shape index (κ1) is 10.9. The zero-order chi connectivity index (χ0) is 12.4. The first-order chi connectivity index (χ1) is 8.86. The molecule has 2 aromatic carbocycles. The summed E-state index contributed by atoms with van der Waals surface area (Å²) in [6, 6.07) is 18.4. The molecule has 2 aromatic rings. The molecule has 88 valence electrons. The summed E-state index contributed by atoms with van der Waals surface area (Å²) < 4.78 is 0. The van der Waals surface area contributed by atoms with Gasteiger partial charge in [-0.15, -0.1) is 0 Å². The van der Waals surface area contributed by atoms with Crippen LogP contribution in [-0.2, 0) is 6.42 Å². The van der Waals surface area contributed by atoms with Gasteiger partial charge < -0.3 is 5.32 Å². The van der Waals surface area contributed by atoms with Crippen molar-refractivity contribution in [2.75, 3.05) is 11.9 Å². The van der Waals surface area contributed by atoms with Crippen LogP contribution >= 0.6 is 0 Å². The summed E-state index contributed by atoms with van der Waals surface area (Å²) in [5.41, 5.74) is 4.66. The fraction of sp³-hybridized carbons (Fsp3) is 0.188. The SMILES string of the molecule is N#Cc1cccc(NCC2Cc3ccccc32)c1. The molecule has 2 nitrogen and oxygen atoms in total. The summed E-state index contributed by atoms with van der Waals surface area (Å²) in [7, 11) is 0. The van der Waals surface area contributed by atoms with Gasteiger partial charge in [-0.3, -0.25) is 0 Å². The van der Waals surface area contributed by atoms with Crippen LogP contribution in [0.25, 0.3) is 0 Å². The molecule has 0 bridgehead atoms. The fourth-order valence-corrected chi connectivity index (χ4v) is 2.48. The lowest BCUT2D eigenvalue weighted by molar-refractivity contribution is 0.636. The Morgan fingerprint density at radius 3 is 2.89 bits per heavy atom. The molecule has 0 amide bonds. The summed E-state index contributed by atoms with van der Waals surface area (Å²) in [5, 5.41) is 12.3. The van der Waals surface area contributed by atoms with Crippen molar-refractivity contribution < 1.29 is 0 Å². The molecule has 2 heteroatoms.